The summed E-state index contributed by atoms with van der Waals surface area (Å²) in [7, 11) is 0. The van der Waals surface area contributed by atoms with E-state index in [1.165, 1.54) is 0 Å². The zero-order valence-corrected chi connectivity index (χ0v) is 15.1. The first-order valence-electron chi connectivity index (χ1n) is 8.18. The summed E-state index contributed by atoms with van der Waals surface area (Å²) in [4.78, 5) is 24.4. The van der Waals surface area contributed by atoms with Crippen LogP contribution in [0.2, 0.25) is 0 Å². The smallest absolute Gasteiger partial charge is 0.408 e. The fourth-order valence-corrected chi connectivity index (χ4v) is 1.93. The van der Waals surface area contributed by atoms with Crippen LogP contribution in [-0.2, 0) is 16.0 Å². The predicted molar refractivity (Wildman–Crippen MR) is 95.4 cm³/mol. The lowest BCUT2D eigenvalue weighted by atomic mass is 10.1. The number of carbonyl (C=O) groups is 2. The van der Waals surface area contributed by atoms with E-state index >= 15 is 0 Å². The molecule has 0 aliphatic rings. The zero-order chi connectivity index (χ0) is 18.2. The number of hydrogen-bond donors (Lipinski definition) is 2. The third kappa shape index (κ3) is 8.36. The van der Waals surface area contributed by atoms with E-state index in [1.54, 1.807) is 27.0 Å². The summed E-state index contributed by atoms with van der Waals surface area (Å²) in [6.45, 7) is 9.38. The standard InChI is InChI=1S/C19H28N2O3/c1-14(2)11-12-20-17(22)16(13-15-9-7-6-8-10-15)21-18(23)24-19(3,4)5/h6-12,14,16H,13H2,1-5H3,(H,20,22)(H,21,23)/b12-11-/t16-/m0/s1. The van der Waals surface area contributed by atoms with E-state index in [4.69, 9.17) is 4.74 Å². The summed E-state index contributed by atoms with van der Waals surface area (Å²) in [5.74, 6) is 0.0540. The van der Waals surface area contributed by atoms with Gasteiger partial charge in [0.2, 0.25) is 5.91 Å². The largest absolute Gasteiger partial charge is 0.444 e. The Labute approximate surface area is 144 Å². The Balaban J connectivity index is 2.78. The first kappa shape index (κ1) is 19.7. The second-order valence-corrected chi connectivity index (χ2v) is 7.00. The van der Waals surface area contributed by atoms with E-state index in [1.807, 2.05) is 50.3 Å². The molecule has 0 spiro atoms. The molecule has 2 N–H and O–H groups in total. The van der Waals surface area contributed by atoms with Crippen LogP contribution in [-0.4, -0.2) is 23.6 Å². The van der Waals surface area contributed by atoms with Crippen molar-refractivity contribution in [3.63, 3.8) is 0 Å². The Morgan fingerprint density at radius 2 is 1.79 bits per heavy atom. The summed E-state index contributed by atoms with van der Waals surface area (Å²) in [6, 6.07) is 8.83. The van der Waals surface area contributed by atoms with E-state index in [9.17, 15) is 9.59 Å². The molecule has 0 aromatic heterocycles. The van der Waals surface area contributed by atoms with Gasteiger partial charge in [-0.25, -0.2) is 4.79 Å². The van der Waals surface area contributed by atoms with Crippen LogP contribution in [0.1, 0.15) is 40.2 Å². The van der Waals surface area contributed by atoms with Gasteiger partial charge in [0.05, 0.1) is 0 Å². The van der Waals surface area contributed by atoms with Crippen molar-refractivity contribution in [2.45, 2.75) is 52.7 Å². The number of allylic oxidation sites excluding steroid dienone is 1. The van der Waals surface area contributed by atoms with Gasteiger partial charge in [0.1, 0.15) is 11.6 Å². The van der Waals surface area contributed by atoms with Gasteiger partial charge in [-0.3, -0.25) is 4.79 Å². The molecule has 1 aromatic carbocycles. The minimum Gasteiger partial charge on any atom is -0.444 e. The third-order valence-corrected chi connectivity index (χ3v) is 3.00. The monoisotopic (exact) mass is 332 g/mol. The Morgan fingerprint density at radius 1 is 1.17 bits per heavy atom. The molecule has 0 unspecified atom stereocenters. The van der Waals surface area contributed by atoms with E-state index in [0.717, 1.165) is 5.56 Å². The molecular formula is C19H28N2O3. The number of alkyl carbamates (subject to hydrolysis) is 1. The molecule has 0 fully saturated rings. The molecule has 2 amide bonds. The molecular weight excluding hydrogens is 304 g/mol. The lowest BCUT2D eigenvalue weighted by molar-refractivity contribution is -0.122. The van der Waals surface area contributed by atoms with Gasteiger partial charge in [0.15, 0.2) is 0 Å². The number of hydrogen-bond acceptors (Lipinski definition) is 3. The molecule has 0 heterocycles. The summed E-state index contributed by atoms with van der Waals surface area (Å²) >= 11 is 0. The highest BCUT2D eigenvalue weighted by Gasteiger charge is 2.24. The maximum absolute atomic E-state index is 12.4. The molecule has 5 nitrogen and oxygen atoms in total. The molecule has 1 rings (SSSR count). The number of ether oxygens (including phenoxy) is 1. The van der Waals surface area contributed by atoms with Gasteiger partial charge in [-0.1, -0.05) is 50.3 Å². The van der Waals surface area contributed by atoms with Gasteiger partial charge < -0.3 is 15.4 Å². The van der Waals surface area contributed by atoms with Crippen LogP contribution < -0.4 is 10.6 Å². The van der Waals surface area contributed by atoms with Crippen molar-refractivity contribution in [1.82, 2.24) is 10.6 Å². The first-order valence-corrected chi connectivity index (χ1v) is 8.18. The molecule has 1 atom stereocenters. The van der Waals surface area contributed by atoms with Crippen molar-refractivity contribution in [2.75, 3.05) is 0 Å². The predicted octanol–water partition coefficient (Wildman–Crippen LogP) is 3.41. The number of carbonyl (C=O) groups excluding carboxylic acids is 2. The topological polar surface area (TPSA) is 67.4 Å². The Morgan fingerprint density at radius 3 is 2.33 bits per heavy atom. The second-order valence-electron chi connectivity index (χ2n) is 7.00. The minimum absolute atomic E-state index is 0.276. The van der Waals surface area contributed by atoms with Crippen molar-refractivity contribution in [1.29, 1.82) is 0 Å². The highest BCUT2D eigenvalue weighted by atomic mass is 16.6. The molecule has 24 heavy (non-hydrogen) atoms. The molecule has 0 saturated carbocycles. The van der Waals surface area contributed by atoms with E-state index in [0.29, 0.717) is 12.3 Å². The van der Waals surface area contributed by atoms with E-state index < -0.39 is 17.7 Å². The Kier molecular flexibility index (Phi) is 7.49. The van der Waals surface area contributed by atoms with Gasteiger partial charge in [-0.15, -0.1) is 0 Å². The highest BCUT2D eigenvalue weighted by molar-refractivity contribution is 5.86. The molecule has 0 saturated heterocycles. The van der Waals surface area contributed by atoms with Gasteiger partial charge in [0.25, 0.3) is 0 Å². The summed E-state index contributed by atoms with van der Waals surface area (Å²) in [5.41, 5.74) is 0.344. The van der Waals surface area contributed by atoms with Crippen molar-refractivity contribution in [3.8, 4) is 0 Å². The quantitative estimate of drug-likeness (QED) is 0.839. The van der Waals surface area contributed by atoms with Gasteiger partial charge in [-0.05, 0) is 32.3 Å². The van der Waals surface area contributed by atoms with Crippen LogP contribution in [0.4, 0.5) is 4.79 Å². The first-order chi connectivity index (χ1) is 11.2. The van der Waals surface area contributed by atoms with Crippen LogP contribution in [0.25, 0.3) is 0 Å². The SMILES string of the molecule is CC(C)/C=C\NC(=O)[C@H](Cc1ccccc1)NC(=O)OC(C)(C)C. The molecule has 0 aliphatic carbocycles. The molecule has 1 aromatic rings. The third-order valence-electron chi connectivity index (χ3n) is 3.00. The molecule has 132 valence electrons. The summed E-state index contributed by atoms with van der Waals surface area (Å²) < 4.78 is 5.25. The number of benzene rings is 1. The van der Waals surface area contributed by atoms with Crippen LogP contribution in [0, 0.1) is 5.92 Å². The lowest BCUT2D eigenvalue weighted by Gasteiger charge is -2.23. The average molecular weight is 332 g/mol. The number of rotatable bonds is 6. The van der Waals surface area contributed by atoms with Crippen molar-refractivity contribution in [2.24, 2.45) is 5.92 Å². The minimum atomic E-state index is -0.709. The Bertz CT molecular complexity index is 560. The molecule has 0 radical (unpaired) electrons. The number of nitrogens with one attached hydrogen (secondary N) is 2. The lowest BCUT2D eigenvalue weighted by Crippen LogP contribution is -2.48. The van der Waals surface area contributed by atoms with Crippen LogP contribution in [0.3, 0.4) is 0 Å². The van der Waals surface area contributed by atoms with Crippen LogP contribution in [0.5, 0.6) is 0 Å². The van der Waals surface area contributed by atoms with E-state index in [2.05, 4.69) is 10.6 Å². The maximum Gasteiger partial charge on any atom is 0.408 e. The fourth-order valence-electron chi connectivity index (χ4n) is 1.93. The van der Waals surface area contributed by atoms with Crippen molar-refractivity contribution >= 4 is 12.0 Å². The average Bonchev–Trinajstić information content (AvgIpc) is 2.45. The van der Waals surface area contributed by atoms with Gasteiger partial charge in [-0.2, -0.15) is 0 Å². The van der Waals surface area contributed by atoms with Gasteiger partial charge >= 0.3 is 6.09 Å². The van der Waals surface area contributed by atoms with Crippen LogP contribution in [0.15, 0.2) is 42.6 Å². The van der Waals surface area contributed by atoms with E-state index in [-0.39, 0.29) is 5.91 Å². The maximum atomic E-state index is 12.4. The summed E-state index contributed by atoms with van der Waals surface area (Å²) in [5, 5.41) is 5.37. The highest BCUT2D eigenvalue weighted by Crippen LogP contribution is 2.08. The fraction of sp³-hybridized carbons (Fsp3) is 0.474. The summed E-state index contributed by atoms with van der Waals surface area (Å²) in [6.07, 6.45) is 3.28. The van der Waals surface area contributed by atoms with Crippen molar-refractivity contribution in [3.05, 3.63) is 48.2 Å². The zero-order valence-electron chi connectivity index (χ0n) is 15.1. The van der Waals surface area contributed by atoms with Crippen LogP contribution >= 0.6 is 0 Å². The Hall–Kier alpha value is -2.30. The molecule has 0 bridgehead atoms. The second kappa shape index (κ2) is 9.11. The molecule has 5 heteroatoms. The van der Waals surface area contributed by atoms with Gasteiger partial charge in [0, 0.05) is 12.6 Å². The normalized spacial score (nSPS) is 12.9. The number of amides is 2. The van der Waals surface area contributed by atoms with Crippen molar-refractivity contribution < 1.29 is 14.3 Å². The molecule has 0 aliphatic heterocycles.